The Morgan fingerprint density at radius 2 is 2.23 bits per heavy atom. The smallest absolute Gasteiger partial charge is 0.0909 e. The summed E-state index contributed by atoms with van der Waals surface area (Å²) in [4.78, 5) is 2.34. The molecule has 3 nitrogen and oxygen atoms in total. The van der Waals surface area contributed by atoms with Gasteiger partial charge in [-0.05, 0) is 12.8 Å². The maximum Gasteiger partial charge on any atom is 0.0909 e. The van der Waals surface area contributed by atoms with Gasteiger partial charge in [0.05, 0.1) is 12.2 Å². The molecule has 1 rings (SSSR count). The third kappa shape index (κ3) is 3.58. The van der Waals surface area contributed by atoms with Gasteiger partial charge in [0.2, 0.25) is 0 Å². The molecule has 0 bridgehead atoms. The molecule has 0 aromatic heterocycles. The van der Waals surface area contributed by atoms with E-state index >= 15 is 0 Å². The molecule has 0 saturated carbocycles. The minimum atomic E-state index is 0.441. The fourth-order valence-electron chi connectivity index (χ4n) is 1.58. The Morgan fingerprint density at radius 3 is 2.77 bits per heavy atom. The minimum absolute atomic E-state index is 0.441. The molecule has 0 radical (unpaired) electrons. The molecular weight excluding hydrogens is 164 g/mol. The van der Waals surface area contributed by atoms with Gasteiger partial charge in [-0.25, -0.2) is 0 Å². The molecule has 0 aromatic carbocycles. The first kappa shape index (κ1) is 10.2. The van der Waals surface area contributed by atoms with Crippen LogP contribution in [0.1, 0.15) is 12.8 Å². The molecule has 0 unspecified atom stereocenters. The number of nitrogens with zero attached hydrogens (tertiary/aromatic N) is 2. The fourth-order valence-corrected chi connectivity index (χ4v) is 1.58. The highest BCUT2D eigenvalue weighted by Gasteiger charge is 2.16. The monoisotopic (exact) mass is 180 g/mol. The van der Waals surface area contributed by atoms with E-state index in [1.54, 1.807) is 13.2 Å². The first-order chi connectivity index (χ1) is 6.36. The van der Waals surface area contributed by atoms with Crippen LogP contribution < -0.4 is 0 Å². The highest BCUT2D eigenvalue weighted by molar-refractivity contribution is 5.02. The number of nitriles is 1. The van der Waals surface area contributed by atoms with E-state index in [0.717, 1.165) is 32.5 Å². The lowest BCUT2D eigenvalue weighted by atomic mass is 10.1. The van der Waals surface area contributed by atoms with E-state index in [2.05, 4.69) is 4.90 Å². The molecule has 13 heavy (non-hydrogen) atoms. The van der Waals surface area contributed by atoms with Crippen molar-refractivity contribution in [3.63, 3.8) is 0 Å². The van der Waals surface area contributed by atoms with Crippen molar-refractivity contribution in [2.45, 2.75) is 18.9 Å². The zero-order valence-corrected chi connectivity index (χ0v) is 8.07. The predicted octanol–water partition coefficient (Wildman–Crippen LogP) is 1.18. The van der Waals surface area contributed by atoms with E-state index in [4.69, 9.17) is 10.00 Å². The van der Waals surface area contributed by atoms with Gasteiger partial charge in [0.25, 0.3) is 0 Å². The van der Waals surface area contributed by atoms with Gasteiger partial charge in [-0.15, -0.1) is 0 Å². The summed E-state index contributed by atoms with van der Waals surface area (Å²) >= 11 is 0. The van der Waals surface area contributed by atoms with Gasteiger partial charge in [0.1, 0.15) is 0 Å². The van der Waals surface area contributed by atoms with E-state index < -0.39 is 0 Å². The van der Waals surface area contributed by atoms with Gasteiger partial charge < -0.3 is 4.74 Å². The Labute approximate surface area is 79.6 Å². The standard InChI is InChI=1S/C10H16N2O/c1-13-10-4-8-12(9-5-10)7-3-2-6-11/h2-3,10H,4-5,7-9H2,1H3/b3-2+. The maximum atomic E-state index is 8.30. The Balaban J connectivity index is 2.18. The molecule has 0 amide bonds. The molecule has 3 heteroatoms. The summed E-state index contributed by atoms with van der Waals surface area (Å²) in [6.07, 6.45) is 6.11. The van der Waals surface area contributed by atoms with Crippen molar-refractivity contribution in [3.8, 4) is 6.07 Å². The van der Waals surface area contributed by atoms with Crippen molar-refractivity contribution < 1.29 is 4.74 Å². The molecule has 0 aliphatic carbocycles. The third-order valence-corrected chi connectivity index (χ3v) is 2.42. The molecule has 1 heterocycles. The van der Waals surface area contributed by atoms with Crippen LogP contribution in [0.5, 0.6) is 0 Å². The number of methoxy groups -OCH3 is 1. The lowest BCUT2D eigenvalue weighted by molar-refractivity contribution is 0.0445. The first-order valence-corrected chi connectivity index (χ1v) is 4.66. The van der Waals surface area contributed by atoms with Crippen molar-refractivity contribution in [1.82, 2.24) is 4.90 Å². The number of likely N-dealkylation sites (tertiary alicyclic amines) is 1. The number of hydrogen-bond acceptors (Lipinski definition) is 3. The number of hydrogen-bond donors (Lipinski definition) is 0. The average Bonchev–Trinajstić information content (AvgIpc) is 2.19. The Kier molecular flexibility index (Phi) is 4.52. The average molecular weight is 180 g/mol. The third-order valence-electron chi connectivity index (χ3n) is 2.42. The van der Waals surface area contributed by atoms with Crippen molar-refractivity contribution in [3.05, 3.63) is 12.2 Å². The van der Waals surface area contributed by atoms with Gasteiger partial charge in [0.15, 0.2) is 0 Å². The lowest BCUT2D eigenvalue weighted by Crippen LogP contribution is -2.36. The van der Waals surface area contributed by atoms with Gasteiger partial charge in [0, 0.05) is 32.8 Å². The van der Waals surface area contributed by atoms with E-state index in [1.165, 1.54) is 0 Å². The summed E-state index contributed by atoms with van der Waals surface area (Å²) in [7, 11) is 1.77. The van der Waals surface area contributed by atoms with Crippen LogP contribution in [-0.2, 0) is 4.74 Å². The van der Waals surface area contributed by atoms with Crippen molar-refractivity contribution >= 4 is 0 Å². The lowest BCUT2D eigenvalue weighted by Gasteiger charge is -2.30. The van der Waals surface area contributed by atoms with Crippen LogP contribution in [-0.4, -0.2) is 37.7 Å². The van der Waals surface area contributed by atoms with Crippen LogP contribution >= 0.6 is 0 Å². The largest absolute Gasteiger partial charge is 0.381 e. The van der Waals surface area contributed by atoms with Gasteiger partial charge >= 0.3 is 0 Å². The van der Waals surface area contributed by atoms with Crippen LogP contribution in [0.15, 0.2) is 12.2 Å². The number of allylic oxidation sites excluding steroid dienone is 1. The van der Waals surface area contributed by atoms with Gasteiger partial charge in [-0.3, -0.25) is 4.90 Å². The summed E-state index contributed by atoms with van der Waals surface area (Å²) < 4.78 is 5.27. The first-order valence-electron chi connectivity index (χ1n) is 4.66. The zero-order valence-electron chi connectivity index (χ0n) is 8.07. The molecule has 1 aliphatic rings. The minimum Gasteiger partial charge on any atom is -0.381 e. The van der Waals surface area contributed by atoms with Crippen LogP contribution in [0.25, 0.3) is 0 Å². The van der Waals surface area contributed by atoms with Crippen molar-refractivity contribution in [2.75, 3.05) is 26.7 Å². The van der Waals surface area contributed by atoms with E-state index in [-0.39, 0.29) is 0 Å². The van der Waals surface area contributed by atoms with E-state index in [1.807, 2.05) is 12.1 Å². The molecule has 1 fully saturated rings. The Bertz CT molecular complexity index is 199. The summed E-state index contributed by atoms with van der Waals surface area (Å²) in [5.41, 5.74) is 0. The van der Waals surface area contributed by atoms with Crippen LogP contribution in [0, 0.1) is 11.3 Å². The summed E-state index contributed by atoms with van der Waals surface area (Å²) in [6.45, 7) is 3.05. The molecule has 72 valence electrons. The highest BCUT2D eigenvalue weighted by atomic mass is 16.5. The number of rotatable bonds is 3. The Hall–Kier alpha value is -0.850. The molecule has 0 aromatic rings. The van der Waals surface area contributed by atoms with Gasteiger partial charge in [-0.1, -0.05) is 6.08 Å². The highest BCUT2D eigenvalue weighted by Crippen LogP contribution is 2.12. The van der Waals surface area contributed by atoms with E-state index in [9.17, 15) is 0 Å². The fraction of sp³-hybridized carbons (Fsp3) is 0.700. The topological polar surface area (TPSA) is 36.3 Å². The van der Waals surface area contributed by atoms with E-state index in [0.29, 0.717) is 6.10 Å². The Morgan fingerprint density at radius 1 is 1.54 bits per heavy atom. The second-order valence-electron chi connectivity index (χ2n) is 3.27. The van der Waals surface area contributed by atoms with Gasteiger partial charge in [-0.2, -0.15) is 5.26 Å². The van der Waals surface area contributed by atoms with Crippen LogP contribution in [0.2, 0.25) is 0 Å². The normalized spacial score (nSPS) is 20.6. The number of piperidine rings is 1. The van der Waals surface area contributed by atoms with Crippen LogP contribution in [0.4, 0.5) is 0 Å². The molecule has 1 saturated heterocycles. The summed E-state index contributed by atoms with van der Waals surface area (Å²) in [5, 5.41) is 8.30. The second kappa shape index (κ2) is 5.74. The molecule has 0 spiro atoms. The maximum absolute atomic E-state index is 8.30. The quantitative estimate of drug-likeness (QED) is 0.612. The molecule has 1 aliphatic heterocycles. The van der Waals surface area contributed by atoms with Crippen molar-refractivity contribution in [2.24, 2.45) is 0 Å². The zero-order chi connectivity index (χ0) is 9.52. The summed E-state index contributed by atoms with van der Waals surface area (Å²) in [6, 6.07) is 2.00. The number of ether oxygens (including phenoxy) is 1. The van der Waals surface area contributed by atoms with Crippen molar-refractivity contribution in [1.29, 1.82) is 5.26 Å². The summed E-state index contributed by atoms with van der Waals surface area (Å²) in [5.74, 6) is 0. The van der Waals surface area contributed by atoms with Crippen LogP contribution in [0.3, 0.4) is 0 Å². The molecule has 0 atom stereocenters. The second-order valence-corrected chi connectivity index (χ2v) is 3.27. The predicted molar refractivity (Wildman–Crippen MR) is 51.2 cm³/mol. The molecule has 0 N–H and O–H groups in total. The SMILES string of the molecule is COC1CCN(C/C=C/C#N)CC1. The molecular formula is C10H16N2O.